The van der Waals surface area contributed by atoms with Crippen molar-refractivity contribution in [1.29, 1.82) is 0 Å². The fraction of sp³-hybridized carbons (Fsp3) is 0.295. The normalized spacial score (nSPS) is 20.7. The number of hydroxylamine groups is 4. The highest BCUT2D eigenvalue weighted by molar-refractivity contribution is 7.86. The molecular formula is C44H48N4O12S2. The number of carbonyl (C=O) groups excluding carboxylic acids is 4. The molecule has 3 heterocycles. The van der Waals surface area contributed by atoms with E-state index in [1.54, 1.807) is 79.5 Å². The van der Waals surface area contributed by atoms with Crippen LogP contribution < -0.4 is 4.90 Å². The number of aliphatic imine (C=N–C) groups is 1. The fourth-order valence-electron chi connectivity index (χ4n) is 7.32. The van der Waals surface area contributed by atoms with Crippen molar-refractivity contribution >= 4 is 55.3 Å². The molecule has 0 aliphatic carbocycles. The van der Waals surface area contributed by atoms with Gasteiger partial charge in [0.05, 0.1) is 40.1 Å². The van der Waals surface area contributed by atoms with Gasteiger partial charge in [0.15, 0.2) is 0 Å². The Morgan fingerprint density at radius 2 is 1.58 bits per heavy atom. The number of amides is 3. The predicted molar refractivity (Wildman–Crippen MR) is 232 cm³/mol. The smallest absolute Gasteiger partial charge is 0.344 e. The van der Waals surface area contributed by atoms with Crippen molar-refractivity contribution in [3.05, 3.63) is 143 Å². The summed E-state index contributed by atoms with van der Waals surface area (Å²) in [5.74, 6) is -3.11. The third kappa shape index (κ3) is 10.0. The van der Waals surface area contributed by atoms with Crippen molar-refractivity contribution in [2.45, 2.75) is 57.3 Å². The highest BCUT2D eigenvalue weighted by atomic mass is 32.2. The summed E-state index contributed by atoms with van der Waals surface area (Å²) in [6.07, 6.45) is 15.7. The molecule has 2 aromatic carbocycles. The van der Waals surface area contributed by atoms with Gasteiger partial charge in [0.1, 0.15) is 0 Å². The number of hydrogen-bond donors (Lipinski definition) is 2. The maximum atomic E-state index is 13.0. The fourth-order valence-corrected chi connectivity index (χ4v) is 8.32. The molecule has 0 bridgehead atoms. The van der Waals surface area contributed by atoms with Gasteiger partial charge in [-0.3, -0.25) is 33.3 Å². The van der Waals surface area contributed by atoms with Crippen LogP contribution >= 0.6 is 0 Å². The van der Waals surface area contributed by atoms with E-state index in [1.165, 1.54) is 44.5 Å². The molecule has 5 rings (SSSR count). The Hall–Kier alpha value is -6.05. The molecule has 2 aromatic rings. The molecule has 2 N–H and O–H groups in total. The van der Waals surface area contributed by atoms with E-state index in [9.17, 15) is 45.1 Å². The number of benzene rings is 2. The first-order chi connectivity index (χ1) is 29.0. The lowest BCUT2D eigenvalue weighted by molar-refractivity contribution is -0.172. The second-order valence-corrected chi connectivity index (χ2v) is 18.1. The molecule has 0 radical (unpaired) electrons. The molecule has 0 spiro atoms. The minimum Gasteiger partial charge on any atom is -0.344 e. The van der Waals surface area contributed by atoms with Gasteiger partial charge in [-0.25, -0.2) is 9.86 Å². The van der Waals surface area contributed by atoms with Crippen LogP contribution in [0, 0.1) is 5.41 Å². The van der Waals surface area contributed by atoms with E-state index in [0.29, 0.717) is 44.6 Å². The Bertz CT molecular complexity index is 2620. The van der Waals surface area contributed by atoms with E-state index in [4.69, 9.17) is 9.68 Å². The topological polar surface area (TPSA) is 218 Å². The summed E-state index contributed by atoms with van der Waals surface area (Å²) >= 11 is 0. The Labute approximate surface area is 361 Å². The van der Waals surface area contributed by atoms with Gasteiger partial charge in [-0.1, -0.05) is 69.0 Å². The predicted octanol–water partition coefficient (Wildman–Crippen LogP) is 6.00. The van der Waals surface area contributed by atoms with Crippen molar-refractivity contribution in [3.8, 4) is 0 Å². The first-order valence-corrected chi connectivity index (χ1v) is 22.3. The number of hydrogen-bond acceptors (Lipinski definition) is 12. The summed E-state index contributed by atoms with van der Waals surface area (Å²) in [6.45, 7) is 11.7. The first-order valence-electron chi connectivity index (χ1n) is 19.3. The number of likely N-dealkylation sites (N-methyl/N-ethyl adjacent to an activating group) is 1. The molecule has 3 aliphatic heterocycles. The molecule has 1 fully saturated rings. The van der Waals surface area contributed by atoms with E-state index in [0.717, 1.165) is 10.6 Å². The molecule has 3 amide bonds. The standard InChI is InChI=1S/C44H48N4O12S2/c1-8-30(41(51)46(6)59-7)27-34-29(2)45-37(43(34,3)4)15-12-10-9-11-13-16-38-44(5,32-19-17-31(18-20-32)42(52)60-48-39(49)23-24-40(48)50)35-28-33(62(56,57)58)21-22-36(35)47(38)25-14-26-61(53,54)55/h8-13,15-22,27-28H,2,14,23-26H2,1,3-7H3,(H,53,54,55)(H,56,57,58)/b10-9+,13-11+,15-12+,30-8+,34-27+,38-16+. The molecule has 0 aromatic heterocycles. The molecule has 1 saturated heterocycles. The lowest BCUT2D eigenvalue weighted by atomic mass is 9.75. The van der Waals surface area contributed by atoms with Gasteiger partial charge >= 0.3 is 5.97 Å². The van der Waals surface area contributed by atoms with Gasteiger partial charge in [-0.15, -0.1) is 5.06 Å². The number of rotatable bonds is 15. The van der Waals surface area contributed by atoms with Gasteiger partial charge in [-0.2, -0.15) is 16.8 Å². The van der Waals surface area contributed by atoms with Gasteiger partial charge in [0, 0.05) is 48.8 Å². The van der Waals surface area contributed by atoms with Crippen LogP contribution in [0.1, 0.15) is 68.4 Å². The number of allylic oxidation sites excluding steroid dienone is 10. The molecule has 1 unspecified atom stereocenters. The highest BCUT2D eigenvalue weighted by Crippen LogP contribution is 2.52. The first kappa shape index (κ1) is 47.0. The number of anilines is 1. The summed E-state index contributed by atoms with van der Waals surface area (Å²) in [6, 6.07) is 10.1. The minimum absolute atomic E-state index is 0.0134. The van der Waals surface area contributed by atoms with Crippen molar-refractivity contribution in [3.63, 3.8) is 0 Å². The third-order valence-electron chi connectivity index (χ3n) is 10.8. The molecule has 0 saturated carbocycles. The van der Waals surface area contributed by atoms with E-state index in [1.807, 2.05) is 19.9 Å². The summed E-state index contributed by atoms with van der Waals surface area (Å²) in [5.41, 5.74) is 2.68. The lowest BCUT2D eigenvalue weighted by Gasteiger charge is -2.31. The van der Waals surface area contributed by atoms with Crippen LogP contribution in [-0.2, 0) is 49.7 Å². The van der Waals surface area contributed by atoms with Gasteiger partial charge in [-0.05, 0) is 85.5 Å². The maximum absolute atomic E-state index is 13.0. The Balaban J connectivity index is 1.48. The van der Waals surface area contributed by atoms with Crippen molar-refractivity contribution in [2.75, 3.05) is 31.4 Å². The summed E-state index contributed by atoms with van der Waals surface area (Å²) < 4.78 is 67.7. The van der Waals surface area contributed by atoms with Crippen molar-refractivity contribution < 1.29 is 54.8 Å². The molecule has 18 heteroatoms. The van der Waals surface area contributed by atoms with Gasteiger partial charge < -0.3 is 9.74 Å². The SMILES string of the molecule is C=C1N=C(/C=C/C=C/C=C/C=C2/N(CCCS(=O)(=O)O)c3ccc(S(=O)(=O)O)cc3C2(C)c2ccc(C(=O)ON3C(=O)CCC3=O)cc2)C(C)(C)/C1=C/C(=C\C)C(=O)N(C)OC. The summed E-state index contributed by atoms with van der Waals surface area (Å²) in [7, 11) is -6.07. The minimum atomic E-state index is -4.67. The molecular weight excluding hydrogens is 841 g/mol. The van der Waals surface area contributed by atoms with Crippen LogP contribution in [0.4, 0.5) is 5.69 Å². The average molecular weight is 889 g/mol. The van der Waals surface area contributed by atoms with E-state index < -0.39 is 54.6 Å². The zero-order valence-corrected chi connectivity index (χ0v) is 36.7. The van der Waals surface area contributed by atoms with E-state index in [2.05, 4.69) is 11.6 Å². The maximum Gasteiger partial charge on any atom is 0.363 e. The van der Waals surface area contributed by atoms with Gasteiger partial charge in [0.25, 0.3) is 38.0 Å². The van der Waals surface area contributed by atoms with Crippen LogP contribution in [0.25, 0.3) is 0 Å². The van der Waals surface area contributed by atoms with Crippen LogP contribution in [0.15, 0.2) is 136 Å². The summed E-state index contributed by atoms with van der Waals surface area (Å²) in [4.78, 5) is 66.0. The van der Waals surface area contributed by atoms with Crippen LogP contribution in [0.2, 0.25) is 0 Å². The largest absolute Gasteiger partial charge is 0.363 e. The molecule has 328 valence electrons. The number of imide groups is 1. The van der Waals surface area contributed by atoms with E-state index >= 15 is 0 Å². The monoisotopic (exact) mass is 888 g/mol. The second-order valence-electron chi connectivity index (χ2n) is 15.1. The van der Waals surface area contributed by atoms with Crippen molar-refractivity contribution in [2.24, 2.45) is 10.4 Å². The zero-order chi connectivity index (χ0) is 45.8. The molecule has 16 nitrogen and oxygen atoms in total. The highest BCUT2D eigenvalue weighted by Gasteiger charge is 2.45. The lowest BCUT2D eigenvalue weighted by Crippen LogP contribution is -2.32. The van der Waals surface area contributed by atoms with Crippen LogP contribution in [0.5, 0.6) is 0 Å². The Kier molecular flexibility index (Phi) is 14.0. The number of carbonyl (C=O) groups is 4. The Morgan fingerprint density at radius 3 is 2.18 bits per heavy atom. The van der Waals surface area contributed by atoms with Crippen molar-refractivity contribution in [1.82, 2.24) is 10.1 Å². The quantitative estimate of drug-likeness (QED) is 0.0691. The second kappa shape index (κ2) is 18.5. The van der Waals surface area contributed by atoms with E-state index in [-0.39, 0.29) is 42.2 Å². The summed E-state index contributed by atoms with van der Waals surface area (Å²) in [5, 5.41) is 1.57. The number of fused-ring (bicyclic) bond motifs is 1. The van der Waals surface area contributed by atoms with Crippen LogP contribution in [0.3, 0.4) is 0 Å². The molecule has 62 heavy (non-hydrogen) atoms. The Morgan fingerprint density at radius 1 is 0.952 bits per heavy atom. The third-order valence-corrected chi connectivity index (χ3v) is 12.5. The van der Waals surface area contributed by atoms with Gasteiger partial charge in [0.2, 0.25) is 0 Å². The average Bonchev–Trinajstić information content (AvgIpc) is 3.74. The molecule has 3 aliphatic rings. The number of nitrogens with zero attached hydrogens (tertiary/aromatic N) is 4. The van der Waals surface area contributed by atoms with Crippen LogP contribution in [-0.4, -0.2) is 91.9 Å². The zero-order valence-electron chi connectivity index (χ0n) is 35.1. The molecule has 1 atom stereocenters.